The second kappa shape index (κ2) is 13.6. The zero-order valence-corrected chi connectivity index (χ0v) is 25.4. The van der Waals surface area contributed by atoms with Gasteiger partial charge in [-0.3, -0.25) is 4.79 Å². The molecule has 0 bridgehead atoms. The topological polar surface area (TPSA) is 69.6 Å². The van der Waals surface area contributed by atoms with Gasteiger partial charge in [-0.1, -0.05) is 12.1 Å². The van der Waals surface area contributed by atoms with E-state index < -0.39 is 138 Å². The van der Waals surface area contributed by atoms with Crippen molar-refractivity contribution in [3.8, 4) is 0 Å². The highest BCUT2D eigenvalue weighted by Crippen LogP contribution is 2.67. The van der Waals surface area contributed by atoms with E-state index in [0.717, 1.165) is 0 Å². The average molecular weight is 915 g/mol. The maximum atomic E-state index is 15.3. The number of amides is 1. The Morgan fingerprint density at radius 3 is 0.965 bits per heavy atom. The molecule has 0 spiro atoms. The first-order valence-electron chi connectivity index (χ1n) is 12.8. The highest BCUT2D eigenvalue weighted by Gasteiger charge is 2.95. The van der Waals surface area contributed by atoms with Gasteiger partial charge in [-0.15, -0.1) is 0 Å². The van der Waals surface area contributed by atoms with E-state index in [1.54, 1.807) is 0 Å². The standard InChI is InChI=1S/C22H8BF30NO3/c1-4(55)54-8-5(9(24,25)11(28,29)13(32,33)15(36,37)17(40,41)19(44,45)21(48,49)50)2-3-6(23(56)57)7(8)10(26,27)12(30,31)14(34,35)16(38,39)18(42,43)20(46,47)22(51,52)53/h2-3,56-57H,1H3,(H,54,55). The predicted molar refractivity (Wildman–Crippen MR) is 120 cm³/mol. The van der Waals surface area contributed by atoms with Crippen LogP contribution in [0.25, 0.3) is 0 Å². The van der Waals surface area contributed by atoms with Crippen LogP contribution in [0.1, 0.15) is 18.1 Å². The minimum absolute atomic E-state index is 0.0364. The molecule has 0 unspecified atom stereocenters. The summed E-state index contributed by atoms with van der Waals surface area (Å²) >= 11 is 0. The molecule has 332 valence electrons. The van der Waals surface area contributed by atoms with E-state index in [1.807, 2.05) is 0 Å². The van der Waals surface area contributed by atoms with E-state index in [2.05, 4.69) is 0 Å². The third kappa shape index (κ3) is 6.71. The number of carbonyl (C=O) groups is 1. The van der Waals surface area contributed by atoms with Gasteiger partial charge in [-0.25, -0.2) is 0 Å². The molecule has 57 heavy (non-hydrogen) atoms. The molecule has 0 aliphatic heterocycles. The normalized spacial score (nSPS) is 15.9. The van der Waals surface area contributed by atoms with Gasteiger partial charge in [0.15, 0.2) is 0 Å². The molecule has 1 rings (SSSR count). The van der Waals surface area contributed by atoms with E-state index in [9.17, 15) is 129 Å². The summed E-state index contributed by atoms with van der Waals surface area (Å²) in [5, 5.41) is 18.4. The zero-order valence-electron chi connectivity index (χ0n) is 25.4. The number of anilines is 1. The number of hydrogen-bond donors (Lipinski definition) is 3. The molecule has 3 N–H and O–H groups in total. The third-order valence-corrected chi connectivity index (χ3v) is 7.12. The molecule has 0 saturated carbocycles. The van der Waals surface area contributed by atoms with Crippen LogP contribution in [-0.2, 0) is 16.6 Å². The second-order valence-corrected chi connectivity index (χ2v) is 10.9. The molecule has 0 aliphatic carbocycles. The highest BCUT2D eigenvalue weighted by molar-refractivity contribution is 6.59. The number of carbonyl (C=O) groups excluding carboxylic acids is 1. The second-order valence-electron chi connectivity index (χ2n) is 10.9. The first-order chi connectivity index (χ1) is 24.4. The van der Waals surface area contributed by atoms with Gasteiger partial charge in [0.1, 0.15) is 0 Å². The number of hydrogen-bond acceptors (Lipinski definition) is 3. The van der Waals surface area contributed by atoms with Crippen LogP contribution in [0.3, 0.4) is 0 Å². The lowest BCUT2D eigenvalue weighted by molar-refractivity contribution is -0.454. The molecule has 0 atom stereocenters. The Kier molecular flexibility index (Phi) is 12.3. The molecule has 35 heteroatoms. The summed E-state index contributed by atoms with van der Waals surface area (Å²) in [7, 11) is -4.38. The third-order valence-electron chi connectivity index (χ3n) is 7.12. The summed E-state index contributed by atoms with van der Waals surface area (Å²) in [4.78, 5) is 11.5. The molecule has 0 radical (unpaired) electrons. The van der Waals surface area contributed by atoms with Gasteiger partial charge in [0.2, 0.25) is 5.91 Å². The molecular formula is C22H8BF30NO3. The van der Waals surface area contributed by atoms with Gasteiger partial charge >= 0.3 is 90.5 Å². The molecular weight excluding hydrogens is 907 g/mol. The van der Waals surface area contributed by atoms with Gasteiger partial charge in [-0.2, -0.15) is 132 Å². The van der Waals surface area contributed by atoms with Crippen LogP contribution >= 0.6 is 0 Å². The van der Waals surface area contributed by atoms with Crippen molar-refractivity contribution in [1.82, 2.24) is 0 Å². The van der Waals surface area contributed by atoms with Crippen LogP contribution in [0.4, 0.5) is 137 Å². The van der Waals surface area contributed by atoms with E-state index >= 15 is 17.6 Å². The molecule has 1 amide bonds. The zero-order chi connectivity index (χ0) is 46.6. The van der Waals surface area contributed by atoms with Gasteiger partial charge in [0, 0.05) is 6.92 Å². The lowest BCUT2D eigenvalue weighted by Crippen LogP contribution is -2.72. The summed E-state index contributed by atoms with van der Waals surface area (Å²) in [5.41, 5.74) is -15.7. The van der Waals surface area contributed by atoms with Crippen molar-refractivity contribution in [3.63, 3.8) is 0 Å². The fourth-order valence-electron chi connectivity index (χ4n) is 4.00. The van der Waals surface area contributed by atoms with E-state index in [0.29, 0.717) is 0 Å². The van der Waals surface area contributed by atoms with E-state index in [-0.39, 0.29) is 5.32 Å². The van der Waals surface area contributed by atoms with Gasteiger partial charge < -0.3 is 15.4 Å². The monoisotopic (exact) mass is 915 g/mol. The van der Waals surface area contributed by atoms with Crippen LogP contribution in [0.15, 0.2) is 12.1 Å². The van der Waals surface area contributed by atoms with Crippen LogP contribution in [0.2, 0.25) is 0 Å². The molecule has 0 fully saturated rings. The Balaban J connectivity index is 4.55. The van der Waals surface area contributed by atoms with Gasteiger partial charge in [-0.05, 0) is 5.46 Å². The lowest BCUT2D eigenvalue weighted by Gasteiger charge is -2.43. The minimum Gasteiger partial charge on any atom is -0.423 e. The Hall–Kier alpha value is -3.43. The quantitative estimate of drug-likeness (QED) is 0.129. The summed E-state index contributed by atoms with van der Waals surface area (Å²) in [6.45, 7) is -0.409. The van der Waals surface area contributed by atoms with Crippen molar-refractivity contribution in [2.75, 3.05) is 5.32 Å². The predicted octanol–water partition coefficient (Wildman–Crippen LogP) is 8.99. The summed E-state index contributed by atoms with van der Waals surface area (Å²) in [6.07, 6.45) is -16.4. The minimum atomic E-state index is -9.26. The maximum absolute atomic E-state index is 15.3. The van der Waals surface area contributed by atoms with Crippen molar-refractivity contribution in [3.05, 3.63) is 23.3 Å². The Bertz CT molecular complexity index is 1680. The van der Waals surface area contributed by atoms with E-state index in [1.165, 1.54) is 0 Å². The van der Waals surface area contributed by atoms with E-state index in [4.69, 9.17) is 0 Å². The molecule has 0 aromatic heterocycles. The van der Waals surface area contributed by atoms with Crippen LogP contribution in [0, 0.1) is 0 Å². The molecule has 1 aromatic rings. The van der Waals surface area contributed by atoms with Crippen LogP contribution in [0.5, 0.6) is 0 Å². The first-order valence-corrected chi connectivity index (χ1v) is 12.8. The number of benzene rings is 1. The molecule has 0 saturated heterocycles. The van der Waals surface area contributed by atoms with Crippen molar-refractivity contribution >= 4 is 24.2 Å². The SMILES string of the molecule is CC(=O)Nc1c(C(F)(F)C(F)(F)C(F)(F)C(F)(F)C(F)(F)C(F)(F)C(F)(F)F)ccc(B(O)O)c1C(F)(F)C(F)(F)C(F)(F)C(F)(F)C(F)(F)C(F)(F)C(F)(F)F. The number of nitrogens with one attached hydrogen (secondary N) is 1. The smallest absolute Gasteiger partial charge is 0.423 e. The Labute approximate surface area is 290 Å². The fraction of sp³-hybridized carbons (Fsp3) is 0.682. The van der Waals surface area contributed by atoms with Crippen molar-refractivity contribution in [2.45, 2.75) is 90.3 Å². The van der Waals surface area contributed by atoms with Gasteiger partial charge in [0.25, 0.3) is 0 Å². The Morgan fingerprint density at radius 2 is 0.702 bits per heavy atom. The highest BCUT2D eigenvalue weighted by atomic mass is 19.4. The summed E-state index contributed by atoms with van der Waals surface area (Å²) < 4.78 is 414. The fourth-order valence-corrected chi connectivity index (χ4v) is 4.00. The molecule has 0 heterocycles. The summed E-state index contributed by atoms with van der Waals surface area (Å²) in [6, 6.07) is -2.92. The average Bonchev–Trinajstić information content (AvgIpc) is 2.97. The number of rotatable bonds is 14. The first kappa shape index (κ1) is 51.6. The number of halogens is 30. The Morgan fingerprint density at radius 1 is 0.439 bits per heavy atom. The van der Waals surface area contributed by atoms with Crippen molar-refractivity contribution < 1.29 is 147 Å². The van der Waals surface area contributed by atoms with Crippen LogP contribution < -0.4 is 10.8 Å². The largest absolute Gasteiger partial charge is 0.489 e. The summed E-state index contributed by atoms with van der Waals surface area (Å²) in [5.74, 6) is -109. The van der Waals surface area contributed by atoms with Crippen LogP contribution in [-0.4, -0.2) is 94.7 Å². The van der Waals surface area contributed by atoms with Crippen molar-refractivity contribution in [2.24, 2.45) is 0 Å². The molecule has 1 aromatic carbocycles. The number of alkyl halides is 30. The van der Waals surface area contributed by atoms with Crippen molar-refractivity contribution in [1.29, 1.82) is 0 Å². The molecule has 4 nitrogen and oxygen atoms in total. The van der Waals surface area contributed by atoms with Gasteiger partial charge in [0.05, 0.1) is 16.8 Å². The maximum Gasteiger partial charge on any atom is 0.489 e. The lowest BCUT2D eigenvalue weighted by atomic mass is 9.71. The molecule has 0 aliphatic rings.